The number of nitrogens with zero attached hydrogens (tertiary/aromatic N) is 1. The first kappa shape index (κ1) is 14.8. The summed E-state index contributed by atoms with van der Waals surface area (Å²) in [7, 11) is 0. The van der Waals surface area contributed by atoms with E-state index in [4.69, 9.17) is 5.73 Å². The fraction of sp³-hybridized carbons (Fsp3) is 0.412. The van der Waals surface area contributed by atoms with Crippen molar-refractivity contribution in [2.45, 2.75) is 44.8 Å². The normalized spacial score (nSPS) is 21.7. The molecule has 0 atom stereocenters. The third-order valence-electron chi connectivity index (χ3n) is 4.45. The van der Waals surface area contributed by atoms with Crippen LogP contribution in [-0.4, -0.2) is 28.1 Å². The van der Waals surface area contributed by atoms with Crippen molar-refractivity contribution in [3.05, 3.63) is 35.7 Å². The highest BCUT2D eigenvalue weighted by atomic mass is 16.3. The Morgan fingerprint density at radius 1 is 1.23 bits per heavy atom. The van der Waals surface area contributed by atoms with Crippen molar-refractivity contribution >= 4 is 22.4 Å². The van der Waals surface area contributed by atoms with Gasteiger partial charge in [0.05, 0.1) is 6.10 Å². The van der Waals surface area contributed by atoms with E-state index in [0.29, 0.717) is 11.4 Å². The average molecular weight is 299 g/mol. The number of hydrogen-bond acceptors (Lipinski definition) is 4. The maximum absolute atomic E-state index is 12.5. The van der Waals surface area contributed by atoms with Gasteiger partial charge < -0.3 is 16.2 Å². The minimum absolute atomic E-state index is 0.107. The molecule has 116 valence electrons. The Hall–Kier alpha value is -2.14. The van der Waals surface area contributed by atoms with E-state index in [-0.39, 0.29) is 18.1 Å². The molecule has 0 bridgehead atoms. The fourth-order valence-corrected chi connectivity index (χ4v) is 3.04. The summed E-state index contributed by atoms with van der Waals surface area (Å²) in [5, 5.41) is 14.2. The number of hydrogen-bond donors (Lipinski definition) is 3. The van der Waals surface area contributed by atoms with Crippen molar-refractivity contribution in [1.82, 2.24) is 10.3 Å². The van der Waals surface area contributed by atoms with Crippen molar-refractivity contribution in [3.63, 3.8) is 0 Å². The smallest absolute Gasteiger partial charge is 0.270 e. The molecule has 0 unspecified atom stereocenters. The molecule has 5 heteroatoms. The molecule has 22 heavy (non-hydrogen) atoms. The first-order valence-electron chi connectivity index (χ1n) is 7.69. The molecule has 1 aliphatic carbocycles. The Morgan fingerprint density at radius 3 is 2.68 bits per heavy atom. The van der Waals surface area contributed by atoms with Gasteiger partial charge in [0.1, 0.15) is 5.69 Å². The number of carbonyl (C=O) groups excluding carboxylic acids is 1. The van der Waals surface area contributed by atoms with Crippen LogP contribution in [0.2, 0.25) is 0 Å². The number of nitrogen functional groups attached to an aromatic ring is 1. The number of aliphatic hydroxyl groups is 1. The molecule has 4 N–H and O–H groups in total. The van der Waals surface area contributed by atoms with E-state index in [9.17, 15) is 9.90 Å². The Bertz CT molecular complexity index is 706. The maximum Gasteiger partial charge on any atom is 0.270 e. The lowest BCUT2D eigenvalue weighted by Gasteiger charge is -2.26. The van der Waals surface area contributed by atoms with Crippen LogP contribution in [0, 0.1) is 6.92 Å². The fourth-order valence-electron chi connectivity index (χ4n) is 3.04. The molecule has 0 saturated heterocycles. The van der Waals surface area contributed by atoms with Crippen LogP contribution in [0.4, 0.5) is 5.69 Å². The van der Waals surface area contributed by atoms with E-state index in [0.717, 1.165) is 42.0 Å². The molecule has 1 saturated carbocycles. The van der Waals surface area contributed by atoms with Crippen molar-refractivity contribution in [1.29, 1.82) is 0 Å². The molecule has 0 aliphatic heterocycles. The number of nitrogens with one attached hydrogen (secondary N) is 1. The molecule has 1 aliphatic rings. The van der Waals surface area contributed by atoms with Crippen LogP contribution in [0.1, 0.15) is 41.7 Å². The van der Waals surface area contributed by atoms with Gasteiger partial charge in [0.15, 0.2) is 0 Å². The first-order chi connectivity index (χ1) is 10.6. The summed E-state index contributed by atoms with van der Waals surface area (Å²) in [6.07, 6.45) is 4.47. The summed E-state index contributed by atoms with van der Waals surface area (Å²) in [6.45, 7) is 1.95. The predicted molar refractivity (Wildman–Crippen MR) is 86.6 cm³/mol. The highest BCUT2D eigenvalue weighted by Crippen LogP contribution is 2.26. The third-order valence-corrected chi connectivity index (χ3v) is 4.45. The van der Waals surface area contributed by atoms with Crippen LogP contribution in [0.25, 0.3) is 10.8 Å². The number of nitrogens with two attached hydrogens (primary N) is 1. The molecule has 5 nitrogen and oxygen atoms in total. The number of aryl methyl sites for hydroxylation is 1. The van der Waals surface area contributed by atoms with E-state index in [1.54, 1.807) is 6.20 Å². The van der Waals surface area contributed by atoms with Crippen LogP contribution >= 0.6 is 0 Å². The molecular formula is C17H21N3O2. The van der Waals surface area contributed by atoms with Gasteiger partial charge in [-0.1, -0.05) is 12.1 Å². The van der Waals surface area contributed by atoms with E-state index >= 15 is 0 Å². The van der Waals surface area contributed by atoms with Gasteiger partial charge in [0.2, 0.25) is 0 Å². The van der Waals surface area contributed by atoms with Crippen LogP contribution in [0.3, 0.4) is 0 Å². The van der Waals surface area contributed by atoms with E-state index in [1.807, 2.05) is 25.1 Å². The summed E-state index contributed by atoms with van der Waals surface area (Å²) < 4.78 is 0. The lowest BCUT2D eigenvalue weighted by atomic mass is 9.93. The van der Waals surface area contributed by atoms with Crippen molar-refractivity contribution in [3.8, 4) is 0 Å². The molecule has 2 aromatic rings. The molecule has 3 rings (SSSR count). The lowest BCUT2D eigenvalue weighted by molar-refractivity contribution is 0.0865. The zero-order valence-corrected chi connectivity index (χ0v) is 12.7. The molecule has 1 aromatic carbocycles. The van der Waals surface area contributed by atoms with Gasteiger partial charge in [0.25, 0.3) is 5.91 Å². The summed E-state index contributed by atoms with van der Waals surface area (Å²) in [5.41, 5.74) is 8.19. The highest BCUT2D eigenvalue weighted by molar-refractivity contribution is 6.08. The lowest BCUT2D eigenvalue weighted by Crippen LogP contribution is -2.39. The number of rotatable bonds is 2. The van der Waals surface area contributed by atoms with Gasteiger partial charge in [0, 0.05) is 28.7 Å². The number of pyridine rings is 1. The third kappa shape index (κ3) is 2.76. The van der Waals surface area contributed by atoms with Crippen LogP contribution in [0.5, 0.6) is 0 Å². The number of aromatic nitrogens is 1. The van der Waals surface area contributed by atoms with Crippen molar-refractivity contribution in [2.75, 3.05) is 5.73 Å². The second kappa shape index (κ2) is 5.93. The largest absolute Gasteiger partial charge is 0.398 e. The molecule has 1 fully saturated rings. The zero-order valence-electron chi connectivity index (χ0n) is 12.7. The monoisotopic (exact) mass is 299 g/mol. The second-order valence-electron chi connectivity index (χ2n) is 6.03. The number of carbonyl (C=O) groups is 1. The second-order valence-corrected chi connectivity index (χ2v) is 6.03. The number of benzene rings is 1. The molecule has 1 heterocycles. The van der Waals surface area contributed by atoms with Crippen LogP contribution in [0.15, 0.2) is 24.4 Å². The Balaban J connectivity index is 1.87. The van der Waals surface area contributed by atoms with Gasteiger partial charge in [-0.15, -0.1) is 0 Å². The maximum atomic E-state index is 12.5. The molecular weight excluding hydrogens is 278 g/mol. The van der Waals surface area contributed by atoms with E-state index < -0.39 is 0 Å². The van der Waals surface area contributed by atoms with Gasteiger partial charge in [-0.3, -0.25) is 9.78 Å². The van der Waals surface area contributed by atoms with Crippen molar-refractivity contribution < 1.29 is 9.90 Å². The minimum atomic E-state index is -0.230. The Morgan fingerprint density at radius 2 is 1.95 bits per heavy atom. The van der Waals surface area contributed by atoms with Gasteiger partial charge in [-0.05, 0) is 44.2 Å². The first-order valence-corrected chi connectivity index (χ1v) is 7.69. The predicted octanol–water partition coefficient (Wildman–Crippen LogP) is 2.16. The number of fused-ring (bicyclic) bond motifs is 1. The van der Waals surface area contributed by atoms with E-state index in [2.05, 4.69) is 10.3 Å². The standard InChI is InChI=1S/C17H21N3O2/c1-10-2-7-14-13(15(10)18)8-9-19-16(14)17(22)20-11-3-5-12(21)6-4-11/h2,7-9,11-12,21H,3-6,18H2,1H3,(H,20,22). The van der Waals surface area contributed by atoms with E-state index in [1.165, 1.54) is 0 Å². The summed E-state index contributed by atoms with van der Waals surface area (Å²) in [4.78, 5) is 16.8. The number of amides is 1. The van der Waals surface area contributed by atoms with Crippen LogP contribution < -0.4 is 11.1 Å². The van der Waals surface area contributed by atoms with Crippen LogP contribution in [-0.2, 0) is 0 Å². The summed E-state index contributed by atoms with van der Waals surface area (Å²) in [6, 6.07) is 5.75. The Labute approximate surface area is 129 Å². The summed E-state index contributed by atoms with van der Waals surface area (Å²) in [5.74, 6) is -0.171. The SMILES string of the molecule is Cc1ccc2c(C(=O)NC3CCC(O)CC3)nccc2c1N. The topological polar surface area (TPSA) is 88.2 Å². The minimum Gasteiger partial charge on any atom is -0.398 e. The van der Waals surface area contributed by atoms with Gasteiger partial charge in [-0.2, -0.15) is 0 Å². The quantitative estimate of drug-likeness (QED) is 0.741. The van der Waals surface area contributed by atoms with Gasteiger partial charge in [-0.25, -0.2) is 0 Å². The number of anilines is 1. The van der Waals surface area contributed by atoms with Crippen molar-refractivity contribution in [2.24, 2.45) is 0 Å². The molecule has 1 amide bonds. The van der Waals surface area contributed by atoms with Gasteiger partial charge >= 0.3 is 0 Å². The number of aliphatic hydroxyl groups excluding tert-OH is 1. The average Bonchev–Trinajstić information content (AvgIpc) is 2.52. The molecule has 0 radical (unpaired) electrons. The zero-order chi connectivity index (χ0) is 15.7. The summed E-state index contributed by atoms with van der Waals surface area (Å²) >= 11 is 0. The molecule has 0 spiro atoms. The molecule has 1 aromatic heterocycles. The highest BCUT2D eigenvalue weighted by Gasteiger charge is 2.22. The Kier molecular flexibility index (Phi) is 3.98.